The topological polar surface area (TPSA) is 29.9 Å². The molecule has 3 nitrogen and oxygen atoms in total. The Morgan fingerprint density at radius 1 is 1.33 bits per heavy atom. The lowest BCUT2D eigenvalue weighted by molar-refractivity contribution is 0.171. The summed E-state index contributed by atoms with van der Waals surface area (Å²) in [4.78, 5) is 4.87. The van der Waals surface area contributed by atoms with E-state index in [1.54, 1.807) is 6.07 Å². The lowest BCUT2D eigenvalue weighted by atomic mass is 9.77. The van der Waals surface area contributed by atoms with Gasteiger partial charge in [0.2, 0.25) is 0 Å². The van der Waals surface area contributed by atoms with Gasteiger partial charge in [-0.2, -0.15) is 0 Å². The van der Waals surface area contributed by atoms with Crippen LogP contribution in [0.2, 0.25) is 0 Å². The van der Waals surface area contributed by atoms with Gasteiger partial charge >= 0.3 is 0 Å². The predicted molar refractivity (Wildman–Crippen MR) is 81.7 cm³/mol. The zero-order valence-corrected chi connectivity index (χ0v) is 12.7. The number of benzene rings is 1. The minimum atomic E-state index is -0.174. The van der Waals surface area contributed by atoms with Crippen molar-refractivity contribution in [1.82, 2.24) is 14.9 Å². The van der Waals surface area contributed by atoms with E-state index in [1.165, 1.54) is 31.7 Å². The van der Waals surface area contributed by atoms with Gasteiger partial charge in [0, 0.05) is 6.04 Å². The smallest absolute Gasteiger partial charge is 0.127 e. The molecule has 1 unspecified atom stereocenters. The van der Waals surface area contributed by atoms with Gasteiger partial charge in [-0.3, -0.25) is 0 Å². The van der Waals surface area contributed by atoms with Crippen LogP contribution in [-0.4, -0.2) is 16.1 Å². The second-order valence-electron chi connectivity index (χ2n) is 7.18. The molecule has 1 aliphatic heterocycles. The number of halogens is 1. The summed E-state index contributed by atoms with van der Waals surface area (Å²) in [5, 5.41) is 3.65. The highest BCUT2D eigenvalue weighted by Gasteiger charge is 2.39. The summed E-state index contributed by atoms with van der Waals surface area (Å²) in [6.07, 6.45) is 4.78. The number of hydrogen-bond donors (Lipinski definition) is 1. The van der Waals surface area contributed by atoms with Crippen molar-refractivity contribution in [2.24, 2.45) is 5.41 Å². The molecule has 1 aromatic heterocycles. The number of aromatic nitrogens is 2. The number of nitrogens with one attached hydrogen (secondary N) is 1. The van der Waals surface area contributed by atoms with Crippen LogP contribution in [0.3, 0.4) is 0 Å². The first-order valence-corrected chi connectivity index (χ1v) is 7.97. The number of fused-ring (bicyclic) bond motifs is 1. The molecule has 0 radical (unpaired) electrons. The maximum atomic E-state index is 13.6. The molecule has 112 valence electrons. The van der Waals surface area contributed by atoms with Gasteiger partial charge < -0.3 is 9.88 Å². The maximum Gasteiger partial charge on any atom is 0.127 e. The van der Waals surface area contributed by atoms with Gasteiger partial charge in [0.1, 0.15) is 11.6 Å². The average Bonchev–Trinajstić information content (AvgIpc) is 3.20. The summed E-state index contributed by atoms with van der Waals surface area (Å²) in [6.45, 7) is 5.65. The maximum absolute atomic E-state index is 13.6. The predicted octanol–water partition coefficient (Wildman–Crippen LogP) is 3.96. The van der Waals surface area contributed by atoms with E-state index in [0.29, 0.717) is 6.04 Å². The summed E-state index contributed by atoms with van der Waals surface area (Å²) < 4.78 is 15.9. The second kappa shape index (κ2) is 4.54. The number of piperidine rings is 1. The van der Waals surface area contributed by atoms with E-state index in [2.05, 4.69) is 23.7 Å². The summed E-state index contributed by atoms with van der Waals surface area (Å²) in [6, 6.07) is 5.71. The van der Waals surface area contributed by atoms with Gasteiger partial charge in [0.05, 0.1) is 17.1 Å². The van der Waals surface area contributed by atoms with Crippen LogP contribution in [0.4, 0.5) is 4.39 Å². The molecule has 2 aromatic rings. The highest BCUT2D eigenvalue weighted by molar-refractivity contribution is 5.76. The summed E-state index contributed by atoms with van der Waals surface area (Å²) >= 11 is 0. The van der Waals surface area contributed by atoms with Crippen LogP contribution in [0.25, 0.3) is 11.0 Å². The fourth-order valence-corrected chi connectivity index (χ4v) is 3.66. The fraction of sp³-hybridized carbons (Fsp3) is 0.588. The molecule has 2 fully saturated rings. The molecule has 1 saturated carbocycles. The third-order valence-electron chi connectivity index (χ3n) is 4.98. The Morgan fingerprint density at radius 2 is 2.14 bits per heavy atom. The van der Waals surface area contributed by atoms with Crippen LogP contribution in [-0.2, 0) is 0 Å². The Hall–Kier alpha value is -1.42. The molecule has 4 heteroatoms. The number of rotatable bonds is 2. The second-order valence-corrected chi connectivity index (χ2v) is 7.18. The molecular formula is C17H22FN3. The highest BCUT2D eigenvalue weighted by Crippen LogP contribution is 2.45. The Labute approximate surface area is 124 Å². The Bertz CT molecular complexity index is 685. The Morgan fingerprint density at radius 3 is 2.86 bits per heavy atom. The molecule has 1 aliphatic carbocycles. The molecule has 21 heavy (non-hydrogen) atoms. The van der Waals surface area contributed by atoms with Crippen molar-refractivity contribution in [3.05, 3.63) is 29.8 Å². The molecule has 0 spiro atoms. The van der Waals surface area contributed by atoms with Crippen molar-refractivity contribution < 1.29 is 4.39 Å². The van der Waals surface area contributed by atoms with Gasteiger partial charge in [0.25, 0.3) is 0 Å². The van der Waals surface area contributed by atoms with Crippen molar-refractivity contribution in [2.75, 3.05) is 6.54 Å². The van der Waals surface area contributed by atoms with Gasteiger partial charge in [-0.15, -0.1) is 0 Å². The van der Waals surface area contributed by atoms with E-state index in [9.17, 15) is 4.39 Å². The molecule has 2 heterocycles. The highest BCUT2D eigenvalue weighted by atomic mass is 19.1. The minimum absolute atomic E-state index is 0.174. The standard InChI is InChI=1S/C17H22FN3/c1-17(2)8-3-9-19-15(17)16-20-13-7-4-11(18)10-14(13)21(16)12-5-6-12/h4,7,10,12,15,19H,3,5-6,8-9H2,1-2H3. The Balaban J connectivity index is 1.89. The molecule has 1 N–H and O–H groups in total. The normalized spacial score (nSPS) is 25.4. The first-order chi connectivity index (χ1) is 10.1. The zero-order valence-electron chi connectivity index (χ0n) is 12.7. The fourth-order valence-electron chi connectivity index (χ4n) is 3.66. The molecule has 4 rings (SSSR count). The van der Waals surface area contributed by atoms with E-state index >= 15 is 0 Å². The summed E-state index contributed by atoms with van der Waals surface area (Å²) in [7, 11) is 0. The summed E-state index contributed by atoms with van der Waals surface area (Å²) in [5.74, 6) is 0.925. The van der Waals surface area contributed by atoms with Crippen molar-refractivity contribution in [3.8, 4) is 0 Å². The van der Waals surface area contributed by atoms with Crippen LogP contribution >= 0.6 is 0 Å². The molecule has 2 aliphatic rings. The van der Waals surface area contributed by atoms with Crippen LogP contribution in [0.15, 0.2) is 18.2 Å². The van der Waals surface area contributed by atoms with E-state index in [-0.39, 0.29) is 17.3 Å². The van der Waals surface area contributed by atoms with Crippen molar-refractivity contribution in [2.45, 2.75) is 51.6 Å². The first-order valence-electron chi connectivity index (χ1n) is 7.97. The molecule has 0 amide bonds. The van der Waals surface area contributed by atoms with Crippen molar-refractivity contribution in [3.63, 3.8) is 0 Å². The third kappa shape index (κ3) is 2.16. The quantitative estimate of drug-likeness (QED) is 0.906. The molecule has 1 atom stereocenters. The number of imidazole rings is 1. The Kier molecular flexibility index (Phi) is 2.86. The van der Waals surface area contributed by atoms with Crippen molar-refractivity contribution in [1.29, 1.82) is 0 Å². The van der Waals surface area contributed by atoms with Crippen LogP contribution in [0.5, 0.6) is 0 Å². The minimum Gasteiger partial charge on any atom is -0.323 e. The lowest BCUT2D eigenvalue weighted by Crippen LogP contribution is -2.41. The third-order valence-corrected chi connectivity index (χ3v) is 4.98. The van der Waals surface area contributed by atoms with Crippen LogP contribution < -0.4 is 5.32 Å². The van der Waals surface area contributed by atoms with Crippen LogP contribution in [0.1, 0.15) is 57.4 Å². The lowest BCUT2D eigenvalue weighted by Gasteiger charge is -2.39. The molecular weight excluding hydrogens is 265 g/mol. The van der Waals surface area contributed by atoms with E-state index < -0.39 is 0 Å². The molecule has 0 bridgehead atoms. The summed E-state index contributed by atoms with van der Waals surface area (Å²) in [5.41, 5.74) is 2.06. The SMILES string of the molecule is CC1(C)CCCNC1c1nc2ccc(F)cc2n1C1CC1. The van der Waals surface area contributed by atoms with E-state index in [4.69, 9.17) is 4.98 Å². The van der Waals surface area contributed by atoms with Crippen LogP contribution in [0, 0.1) is 11.2 Å². The van der Waals surface area contributed by atoms with E-state index in [0.717, 1.165) is 23.4 Å². The van der Waals surface area contributed by atoms with E-state index in [1.807, 2.05) is 6.07 Å². The van der Waals surface area contributed by atoms with Gasteiger partial charge in [0.15, 0.2) is 0 Å². The van der Waals surface area contributed by atoms with Crippen molar-refractivity contribution >= 4 is 11.0 Å². The largest absolute Gasteiger partial charge is 0.323 e. The molecule has 1 saturated heterocycles. The number of nitrogens with zero attached hydrogens (tertiary/aromatic N) is 2. The molecule has 1 aromatic carbocycles. The van der Waals surface area contributed by atoms with Gasteiger partial charge in [-0.1, -0.05) is 13.8 Å². The zero-order chi connectivity index (χ0) is 14.6. The average molecular weight is 287 g/mol. The van der Waals surface area contributed by atoms with Gasteiger partial charge in [-0.05, 0) is 55.8 Å². The first kappa shape index (κ1) is 13.3. The monoisotopic (exact) mass is 287 g/mol. The number of hydrogen-bond acceptors (Lipinski definition) is 2. The van der Waals surface area contributed by atoms with Gasteiger partial charge in [-0.25, -0.2) is 9.37 Å².